The van der Waals surface area contributed by atoms with Crippen LogP contribution < -0.4 is 47.3 Å². The molecule has 0 aliphatic carbocycles. The van der Waals surface area contributed by atoms with Gasteiger partial charge in [-0.15, -0.1) is 0 Å². The Kier molecular flexibility index (Phi) is 12.6. The van der Waals surface area contributed by atoms with E-state index in [2.05, 4.69) is 316 Å². The summed E-state index contributed by atoms with van der Waals surface area (Å²) in [5, 5.41) is 2.60. The third-order valence-corrected chi connectivity index (χ3v) is 20.6. The first-order valence-corrected chi connectivity index (χ1v) is 32.9. The highest BCUT2D eigenvalue weighted by molar-refractivity contribution is 7.02. The molecule has 0 radical (unpaired) electrons. The van der Waals surface area contributed by atoms with Crippen LogP contribution in [-0.4, -0.2) is 18.0 Å². The summed E-state index contributed by atoms with van der Waals surface area (Å²) in [6.45, 7) is 43.8. The summed E-state index contributed by atoms with van der Waals surface area (Å²) in [7, 11) is 0. The Labute approximate surface area is 536 Å². The topological polar surface area (TPSA) is 20.6 Å². The van der Waals surface area contributed by atoms with Crippen molar-refractivity contribution in [1.29, 1.82) is 0 Å². The molecule has 448 valence electrons. The molecule has 0 N–H and O–H groups in total. The molecule has 5 heterocycles. The first-order chi connectivity index (χ1) is 42.4. The Morgan fingerprint density at radius 1 is 0.322 bits per heavy atom. The highest BCUT2D eigenvalue weighted by Gasteiger charge is 2.48. The van der Waals surface area contributed by atoms with Gasteiger partial charge < -0.3 is 19.1 Å². The average molecular weight is 1170 g/mol. The molecule has 0 atom stereocenters. The predicted molar refractivity (Wildman–Crippen MR) is 389 cm³/mol. The van der Waals surface area contributed by atoms with E-state index >= 15 is 0 Å². The minimum atomic E-state index is -0.144. The molecule has 10 aromatic carbocycles. The second kappa shape index (κ2) is 19.5. The average Bonchev–Trinajstić information content (AvgIpc) is 1.17. The number of rotatable bonds is 4. The van der Waals surface area contributed by atoms with E-state index in [4.69, 9.17) is 4.74 Å². The highest BCUT2D eigenvalue weighted by atomic mass is 16.5. The minimum absolute atomic E-state index is 0.00339. The fourth-order valence-corrected chi connectivity index (χ4v) is 15.3. The Morgan fingerprint density at radius 2 is 0.778 bits per heavy atom. The summed E-state index contributed by atoms with van der Waals surface area (Å²) in [5.41, 5.74) is 34.4. The number of aromatic nitrogens is 1. The first-order valence-electron chi connectivity index (χ1n) is 32.9. The molecule has 4 nitrogen and oxygen atoms in total. The van der Waals surface area contributed by atoms with E-state index in [1.165, 1.54) is 144 Å². The fourth-order valence-electron chi connectivity index (χ4n) is 15.3. The maximum Gasteiger partial charge on any atom is 0.256 e. The number of nitrogens with zero attached hydrogens (tertiary/aromatic N) is 3. The predicted octanol–water partition coefficient (Wildman–Crippen LogP) is 18.9. The molecule has 0 amide bonds. The molecule has 0 unspecified atom stereocenters. The van der Waals surface area contributed by atoms with Crippen LogP contribution in [0.1, 0.15) is 154 Å². The Morgan fingerprint density at radius 3 is 1.33 bits per heavy atom. The molecule has 6 heteroatoms. The fraction of sp³-hybridized carbons (Fsp3) is 0.286. The lowest BCUT2D eigenvalue weighted by atomic mass is 9.30. The van der Waals surface area contributed by atoms with E-state index in [9.17, 15) is 0 Å². The molecule has 0 saturated heterocycles. The van der Waals surface area contributed by atoms with Crippen molar-refractivity contribution >= 4 is 102 Å². The van der Waals surface area contributed by atoms with E-state index in [0.717, 1.165) is 34.1 Å². The molecule has 90 heavy (non-hydrogen) atoms. The van der Waals surface area contributed by atoms with E-state index in [0.29, 0.717) is 0 Å². The first kappa shape index (κ1) is 57.9. The van der Waals surface area contributed by atoms with Gasteiger partial charge in [0.25, 0.3) is 13.4 Å². The van der Waals surface area contributed by atoms with Crippen LogP contribution in [0, 0.1) is 27.7 Å². The minimum Gasteiger partial charge on any atom is -0.458 e. The van der Waals surface area contributed by atoms with Gasteiger partial charge in [0.05, 0.1) is 5.52 Å². The summed E-state index contributed by atoms with van der Waals surface area (Å²) in [5.74, 6) is 1.81. The smallest absolute Gasteiger partial charge is 0.256 e. The lowest BCUT2D eigenvalue weighted by molar-refractivity contribution is 0.487. The van der Waals surface area contributed by atoms with Crippen molar-refractivity contribution in [2.45, 2.75) is 159 Å². The summed E-state index contributed by atoms with van der Waals surface area (Å²) < 4.78 is 10.5. The van der Waals surface area contributed by atoms with Crippen LogP contribution in [0.25, 0.3) is 49.7 Å². The molecule has 0 fully saturated rings. The maximum absolute atomic E-state index is 7.84. The number of fused-ring (bicyclic) bond motifs is 11. The standard InChI is InChI=1S/C84H85B2N3O/c1-48-20-22-50(3)61(36-48)52-38-72-77-73(39-52)88(60-32-26-55(27-33-60)81(8,9)10)71-47-75-67(46-66(71)85(77)65-44-57(83(14,15)16)29-35-70(65)87(72)59-30-24-54(25-31-59)80(5,6)7)86-68-45-58(84(17,18)19)43-64-63-42-56(82(11,12)13)28-34-69(63)89(79(64)68)74-40-53(41-76(90-75)78(74)86)62-37-49(2)21-23-51(62)4/h20-47H,1-19H3. The molecule has 0 saturated carbocycles. The van der Waals surface area contributed by atoms with Crippen molar-refractivity contribution < 1.29 is 4.74 Å². The monoisotopic (exact) mass is 1170 g/mol. The van der Waals surface area contributed by atoms with Crippen LogP contribution in [0.3, 0.4) is 0 Å². The maximum atomic E-state index is 7.84. The SMILES string of the molecule is Cc1ccc(C)c(-c2cc3c4c(c2)N(c2ccc(C(C)(C)C)cc2)c2cc5c(cc2B4c2cc(C(C)(C)C)ccc2N3c2ccc(C(C)(C)C)cc2)B2c3c(cc(-c4cc(C)ccc4C)cc3-n3c4ccc(C(C)(C)C)cc4c4cc(C(C)(C)C)cc2c43)O5)c1. The van der Waals surface area contributed by atoms with Crippen molar-refractivity contribution in [2.75, 3.05) is 9.80 Å². The molecule has 11 aromatic rings. The summed E-state index contributed by atoms with van der Waals surface area (Å²) >= 11 is 0. The van der Waals surface area contributed by atoms with Crippen LogP contribution in [0.2, 0.25) is 0 Å². The van der Waals surface area contributed by atoms with Gasteiger partial charge in [-0.25, -0.2) is 0 Å². The van der Waals surface area contributed by atoms with Crippen LogP contribution in [0.4, 0.5) is 34.1 Å². The van der Waals surface area contributed by atoms with Gasteiger partial charge in [-0.3, -0.25) is 0 Å². The zero-order chi connectivity index (χ0) is 63.4. The second-order valence-corrected chi connectivity index (χ2v) is 32.2. The van der Waals surface area contributed by atoms with E-state index in [1.807, 2.05) is 0 Å². The molecule has 4 aliphatic heterocycles. The van der Waals surface area contributed by atoms with Gasteiger partial charge in [-0.05, 0) is 222 Å². The van der Waals surface area contributed by atoms with E-state index < -0.39 is 0 Å². The van der Waals surface area contributed by atoms with Gasteiger partial charge in [0.2, 0.25) is 0 Å². The summed E-state index contributed by atoms with van der Waals surface area (Å²) in [6, 6.07) is 67.4. The van der Waals surface area contributed by atoms with Crippen molar-refractivity contribution in [3.8, 4) is 39.4 Å². The molecule has 1 aromatic heterocycles. The van der Waals surface area contributed by atoms with Gasteiger partial charge in [0.15, 0.2) is 0 Å². The number of anilines is 6. The van der Waals surface area contributed by atoms with Crippen LogP contribution in [0.5, 0.6) is 11.5 Å². The number of hydrogen-bond acceptors (Lipinski definition) is 3. The number of aryl methyl sites for hydroxylation is 4. The second-order valence-electron chi connectivity index (χ2n) is 32.2. The number of hydrogen-bond donors (Lipinski definition) is 0. The van der Waals surface area contributed by atoms with Gasteiger partial charge in [0.1, 0.15) is 11.5 Å². The van der Waals surface area contributed by atoms with Gasteiger partial charge in [-0.2, -0.15) is 0 Å². The van der Waals surface area contributed by atoms with Crippen molar-refractivity contribution in [2.24, 2.45) is 0 Å². The molecule has 15 rings (SSSR count). The molecular formula is C84H85B2N3O. The number of ether oxygens (including phenoxy) is 1. The van der Waals surface area contributed by atoms with Gasteiger partial charge >= 0.3 is 0 Å². The normalized spacial score (nSPS) is 14.2. The summed E-state index contributed by atoms with van der Waals surface area (Å²) in [4.78, 5) is 5.20. The lowest BCUT2D eigenvalue weighted by Crippen LogP contribution is -2.64. The van der Waals surface area contributed by atoms with Gasteiger partial charge in [-0.1, -0.05) is 206 Å². The highest BCUT2D eigenvalue weighted by Crippen LogP contribution is 2.50. The zero-order valence-electron chi connectivity index (χ0n) is 56.6. The molecule has 0 spiro atoms. The van der Waals surface area contributed by atoms with Crippen LogP contribution in [0.15, 0.2) is 170 Å². The Balaban J connectivity index is 1.08. The largest absolute Gasteiger partial charge is 0.458 e. The quantitative estimate of drug-likeness (QED) is 0.164. The molecular weight excluding hydrogens is 1090 g/mol. The Hall–Kier alpha value is -8.47. The summed E-state index contributed by atoms with van der Waals surface area (Å²) in [6.07, 6.45) is 0. The molecule has 4 aliphatic rings. The van der Waals surface area contributed by atoms with Crippen molar-refractivity contribution in [3.05, 3.63) is 220 Å². The van der Waals surface area contributed by atoms with E-state index in [-0.39, 0.29) is 40.5 Å². The van der Waals surface area contributed by atoms with Gasteiger partial charge in [0, 0.05) is 62.2 Å². The van der Waals surface area contributed by atoms with Crippen molar-refractivity contribution in [1.82, 2.24) is 4.57 Å². The third kappa shape index (κ3) is 8.99. The van der Waals surface area contributed by atoms with E-state index in [1.54, 1.807) is 0 Å². The van der Waals surface area contributed by atoms with Crippen LogP contribution >= 0.6 is 0 Å². The zero-order valence-corrected chi connectivity index (χ0v) is 56.6. The van der Waals surface area contributed by atoms with Crippen LogP contribution in [-0.2, 0) is 27.1 Å². The Bertz CT molecular complexity index is 4870. The van der Waals surface area contributed by atoms with Crippen molar-refractivity contribution in [3.63, 3.8) is 0 Å². The third-order valence-electron chi connectivity index (χ3n) is 20.6. The lowest BCUT2D eigenvalue weighted by Gasteiger charge is -2.45. The molecule has 0 bridgehead atoms. The number of benzene rings is 10.